The number of carbonyl (C=O) groups excluding carboxylic acids is 2. The Kier molecular flexibility index (Phi) is 8.78. The number of ether oxygens (including phenoxy) is 1. The van der Waals surface area contributed by atoms with Crippen molar-refractivity contribution in [1.29, 1.82) is 0 Å². The van der Waals surface area contributed by atoms with Crippen LogP contribution in [0.25, 0.3) is 11.0 Å². The van der Waals surface area contributed by atoms with Gasteiger partial charge in [0.05, 0.1) is 18.1 Å². The number of nitrogens with zero attached hydrogens (tertiary/aromatic N) is 4. The molecule has 0 radical (unpaired) electrons. The minimum Gasteiger partial charge on any atom is -0.497 e. The third-order valence-corrected chi connectivity index (χ3v) is 8.05. The van der Waals surface area contributed by atoms with Crippen LogP contribution in [0.1, 0.15) is 48.9 Å². The number of fused-ring (bicyclic) bond motifs is 1. The number of aryl methyl sites for hydroxylation is 1. The molecule has 208 valence electrons. The molecule has 1 saturated heterocycles. The number of methoxy groups -OCH3 is 1. The van der Waals surface area contributed by atoms with Crippen molar-refractivity contribution in [3.63, 3.8) is 0 Å². The highest BCUT2D eigenvalue weighted by molar-refractivity contribution is 6.04. The molecule has 2 aliphatic rings. The average Bonchev–Trinajstić information content (AvgIpc) is 3.33. The molecule has 0 unspecified atom stereocenters. The molecule has 39 heavy (non-hydrogen) atoms. The Labute approximate surface area is 230 Å². The summed E-state index contributed by atoms with van der Waals surface area (Å²) in [5.41, 5.74) is 3.08. The number of aromatic nitrogens is 2. The van der Waals surface area contributed by atoms with Crippen LogP contribution in [-0.4, -0.2) is 73.1 Å². The summed E-state index contributed by atoms with van der Waals surface area (Å²) in [5.74, 6) is 1.27. The van der Waals surface area contributed by atoms with Crippen LogP contribution in [-0.2, 0) is 11.3 Å². The predicted molar refractivity (Wildman–Crippen MR) is 155 cm³/mol. The summed E-state index contributed by atoms with van der Waals surface area (Å²) < 4.78 is 7.31. The Morgan fingerprint density at radius 3 is 2.51 bits per heavy atom. The highest BCUT2D eigenvalue weighted by atomic mass is 16.5. The standard InChI is InChI=1S/C30H40N6O3/c1-34(29(38)23-7-4-3-5-8-23)24-11-14-27-26(21-24)32-30(33-28(37)22-9-12-25(39-2)13-10-22)36(27)18-6-17-35-19-15-31-16-20-35/h9-14,21,23,31H,3-8,15-20H2,1-2H3,(H,32,33,37). The van der Waals surface area contributed by atoms with Crippen LogP contribution in [0.4, 0.5) is 11.6 Å². The number of benzene rings is 2. The molecular weight excluding hydrogens is 492 g/mol. The molecule has 1 aliphatic carbocycles. The number of carbonyl (C=O) groups is 2. The first kappa shape index (κ1) is 27.1. The summed E-state index contributed by atoms with van der Waals surface area (Å²) in [6, 6.07) is 13.0. The molecule has 0 spiro atoms. The van der Waals surface area contributed by atoms with Gasteiger partial charge in [-0.1, -0.05) is 19.3 Å². The molecule has 1 aliphatic heterocycles. The summed E-state index contributed by atoms with van der Waals surface area (Å²) in [6.07, 6.45) is 6.34. The number of nitrogens with one attached hydrogen (secondary N) is 2. The molecule has 2 N–H and O–H groups in total. The minimum atomic E-state index is -0.221. The van der Waals surface area contributed by atoms with Crippen LogP contribution < -0.4 is 20.3 Å². The van der Waals surface area contributed by atoms with Crippen molar-refractivity contribution in [1.82, 2.24) is 19.8 Å². The van der Waals surface area contributed by atoms with Gasteiger partial charge in [-0.25, -0.2) is 4.98 Å². The lowest BCUT2D eigenvalue weighted by molar-refractivity contribution is -0.123. The van der Waals surface area contributed by atoms with E-state index in [2.05, 4.69) is 20.1 Å². The number of hydrogen-bond donors (Lipinski definition) is 2. The molecule has 0 bridgehead atoms. The summed E-state index contributed by atoms with van der Waals surface area (Å²) in [6.45, 7) is 5.87. The lowest BCUT2D eigenvalue weighted by Crippen LogP contribution is -2.43. The van der Waals surface area contributed by atoms with Crippen molar-refractivity contribution in [2.24, 2.45) is 5.92 Å². The maximum absolute atomic E-state index is 13.2. The van der Waals surface area contributed by atoms with E-state index >= 15 is 0 Å². The molecule has 1 aromatic heterocycles. The van der Waals surface area contributed by atoms with E-state index in [-0.39, 0.29) is 17.7 Å². The predicted octanol–water partition coefficient (Wildman–Crippen LogP) is 4.14. The van der Waals surface area contributed by atoms with Gasteiger partial charge in [0.15, 0.2) is 0 Å². The topological polar surface area (TPSA) is 91.7 Å². The summed E-state index contributed by atoms with van der Waals surface area (Å²) in [7, 11) is 3.46. The third-order valence-electron chi connectivity index (χ3n) is 8.05. The van der Waals surface area contributed by atoms with Gasteiger partial charge in [-0.15, -0.1) is 0 Å². The normalized spacial score (nSPS) is 16.8. The second-order valence-electron chi connectivity index (χ2n) is 10.6. The van der Waals surface area contributed by atoms with Gasteiger partial charge >= 0.3 is 0 Å². The average molecular weight is 533 g/mol. The van der Waals surface area contributed by atoms with Gasteiger partial charge < -0.3 is 24.4 Å². The van der Waals surface area contributed by atoms with E-state index in [4.69, 9.17) is 9.72 Å². The van der Waals surface area contributed by atoms with E-state index in [1.807, 2.05) is 25.2 Å². The van der Waals surface area contributed by atoms with Crippen molar-refractivity contribution in [2.75, 3.05) is 57.1 Å². The molecule has 5 rings (SSSR count). The van der Waals surface area contributed by atoms with Crippen molar-refractivity contribution >= 4 is 34.5 Å². The maximum Gasteiger partial charge on any atom is 0.257 e. The summed E-state index contributed by atoms with van der Waals surface area (Å²) in [5, 5.41) is 6.43. The molecule has 0 atom stereocenters. The SMILES string of the molecule is COc1ccc(C(=O)Nc2nc3cc(N(C)C(=O)C4CCCCC4)ccc3n2CCCN2CCNCC2)cc1. The zero-order valence-corrected chi connectivity index (χ0v) is 23.1. The van der Waals surface area contributed by atoms with Crippen LogP contribution in [0.2, 0.25) is 0 Å². The Bertz CT molecular complexity index is 1280. The highest BCUT2D eigenvalue weighted by Crippen LogP contribution is 2.30. The van der Waals surface area contributed by atoms with E-state index in [1.54, 1.807) is 36.3 Å². The Hall–Kier alpha value is -3.43. The Morgan fingerprint density at radius 1 is 1.05 bits per heavy atom. The molecule has 9 heteroatoms. The van der Waals surface area contributed by atoms with Gasteiger partial charge in [0.2, 0.25) is 11.9 Å². The van der Waals surface area contributed by atoms with E-state index in [0.717, 1.165) is 88.1 Å². The van der Waals surface area contributed by atoms with Gasteiger partial charge in [0.25, 0.3) is 5.91 Å². The highest BCUT2D eigenvalue weighted by Gasteiger charge is 2.25. The number of piperazine rings is 1. The molecular formula is C30H40N6O3. The fourth-order valence-corrected chi connectivity index (χ4v) is 5.70. The van der Waals surface area contributed by atoms with Crippen LogP contribution in [0.3, 0.4) is 0 Å². The zero-order valence-electron chi connectivity index (χ0n) is 23.1. The lowest BCUT2D eigenvalue weighted by Gasteiger charge is -2.27. The number of hydrogen-bond acceptors (Lipinski definition) is 6. The fraction of sp³-hybridized carbons (Fsp3) is 0.500. The summed E-state index contributed by atoms with van der Waals surface area (Å²) >= 11 is 0. The van der Waals surface area contributed by atoms with Crippen molar-refractivity contribution in [3.05, 3.63) is 48.0 Å². The second kappa shape index (κ2) is 12.6. The van der Waals surface area contributed by atoms with Gasteiger partial charge in [-0.2, -0.15) is 0 Å². The number of rotatable bonds is 9. The van der Waals surface area contributed by atoms with Gasteiger partial charge in [-0.05, 0) is 68.3 Å². The van der Waals surface area contributed by atoms with Crippen molar-refractivity contribution < 1.29 is 14.3 Å². The van der Waals surface area contributed by atoms with Gasteiger partial charge in [0, 0.05) is 56.9 Å². The van der Waals surface area contributed by atoms with E-state index in [0.29, 0.717) is 17.3 Å². The molecule has 1 saturated carbocycles. The first-order valence-corrected chi connectivity index (χ1v) is 14.2. The molecule has 2 aromatic carbocycles. The second-order valence-corrected chi connectivity index (χ2v) is 10.6. The smallest absolute Gasteiger partial charge is 0.257 e. The van der Waals surface area contributed by atoms with Crippen LogP contribution in [0, 0.1) is 5.92 Å². The van der Waals surface area contributed by atoms with Crippen LogP contribution >= 0.6 is 0 Å². The van der Waals surface area contributed by atoms with Gasteiger partial charge in [-0.3, -0.25) is 14.9 Å². The molecule has 3 aromatic rings. The van der Waals surface area contributed by atoms with E-state index in [9.17, 15) is 9.59 Å². The van der Waals surface area contributed by atoms with Crippen LogP contribution in [0.15, 0.2) is 42.5 Å². The Morgan fingerprint density at radius 2 is 1.79 bits per heavy atom. The number of anilines is 2. The molecule has 2 amide bonds. The van der Waals surface area contributed by atoms with Crippen molar-refractivity contribution in [2.45, 2.75) is 45.1 Å². The van der Waals surface area contributed by atoms with E-state index in [1.165, 1.54) is 6.42 Å². The zero-order chi connectivity index (χ0) is 27.2. The molecule has 2 fully saturated rings. The Balaban J connectivity index is 1.38. The minimum absolute atomic E-state index is 0.0985. The third kappa shape index (κ3) is 6.42. The number of amides is 2. The first-order valence-electron chi connectivity index (χ1n) is 14.2. The first-order chi connectivity index (χ1) is 19.0. The molecule has 9 nitrogen and oxygen atoms in total. The van der Waals surface area contributed by atoms with Gasteiger partial charge in [0.1, 0.15) is 5.75 Å². The fourth-order valence-electron chi connectivity index (χ4n) is 5.70. The number of imidazole rings is 1. The molecule has 2 heterocycles. The van der Waals surface area contributed by atoms with E-state index < -0.39 is 0 Å². The monoisotopic (exact) mass is 532 g/mol. The summed E-state index contributed by atoms with van der Waals surface area (Å²) in [4.78, 5) is 35.4. The van der Waals surface area contributed by atoms with Crippen LogP contribution in [0.5, 0.6) is 5.75 Å². The quantitative estimate of drug-likeness (QED) is 0.431. The lowest BCUT2D eigenvalue weighted by atomic mass is 9.88. The maximum atomic E-state index is 13.2. The largest absolute Gasteiger partial charge is 0.497 e. The van der Waals surface area contributed by atoms with Crippen molar-refractivity contribution in [3.8, 4) is 5.75 Å².